The number of aliphatic hydroxyl groups excluding tert-OH is 1. The Bertz CT molecular complexity index is 1030. The van der Waals surface area contributed by atoms with Gasteiger partial charge in [-0.2, -0.15) is 0 Å². The van der Waals surface area contributed by atoms with Crippen LogP contribution in [0.1, 0.15) is 23.0 Å². The molecular formula is C19H17Cl2NO7. The summed E-state index contributed by atoms with van der Waals surface area (Å²) < 4.78 is 21.1. The molecule has 0 spiro atoms. The minimum absolute atomic E-state index is 0.00465. The van der Waals surface area contributed by atoms with Gasteiger partial charge in [-0.25, -0.2) is 4.79 Å². The van der Waals surface area contributed by atoms with E-state index < -0.39 is 23.9 Å². The molecule has 0 saturated carbocycles. The van der Waals surface area contributed by atoms with Gasteiger partial charge in [-0.05, 0) is 17.7 Å². The predicted octanol–water partition coefficient (Wildman–Crippen LogP) is 2.32. The lowest BCUT2D eigenvalue weighted by Gasteiger charge is -2.27. The first-order valence-electron chi connectivity index (χ1n) is 8.43. The lowest BCUT2D eigenvalue weighted by Crippen LogP contribution is -2.30. The second-order valence-electron chi connectivity index (χ2n) is 6.04. The maximum Gasteiger partial charge on any atom is 0.340 e. The van der Waals surface area contributed by atoms with Crippen LogP contribution in [0.15, 0.2) is 44.9 Å². The number of hydrogen-bond donors (Lipinski definition) is 2. The molecular weight excluding hydrogens is 425 g/mol. The molecule has 1 aliphatic rings. The van der Waals surface area contributed by atoms with Crippen molar-refractivity contribution in [2.24, 2.45) is 5.73 Å². The van der Waals surface area contributed by atoms with E-state index in [1.54, 1.807) is 6.07 Å². The minimum Gasteiger partial charge on any atom is -0.460 e. The van der Waals surface area contributed by atoms with Gasteiger partial charge in [0.25, 0.3) is 0 Å². The summed E-state index contributed by atoms with van der Waals surface area (Å²) in [5.74, 6) is -2.26. The van der Waals surface area contributed by atoms with E-state index in [4.69, 9.17) is 47.6 Å². The van der Waals surface area contributed by atoms with Crippen molar-refractivity contribution in [2.75, 3.05) is 20.3 Å². The maximum atomic E-state index is 12.7. The highest BCUT2D eigenvalue weighted by molar-refractivity contribution is 6.42. The van der Waals surface area contributed by atoms with Gasteiger partial charge in [-0.3, -0.25) is 4.79 Å². The summed E-state index contributed by atoms with van der Waals surface area (Å²) in [6, 6.07) is 5.74. The Hall–Kier alpha value is -2.52. The largest absolute Gasteiger partial charge is 0.460 e. The Balaban J connectivity index is 2.18. The van der Waals surface area contributed by atoms with Gasteiger partial charge in [-0.1, -0.05) is 29.3 Å². The lowest BCUT2D eigenvalue weighted by atomic mass is 9.86. The van der Waals surface area contributed by atoms with Crippen LogP contribution in [-0.2, 0) is 20.9 Å². The second-order valence-corrected chi connectivity index (χ2v) is 6.86. The number of benzene rings is 1. The van der Waals surface area contributed by atoms with Crippen molar-refractivity contribution in [3.05, 3.63) is 73.1 Å². The first-order valence-corrected chi connectivity index (χ1v) is 9.19. The zero-order chi connectivity index (χ0) is 21.1. The number of esters is 1. The van der Waals surface area contributed by atoms with Crippen molar-refractivity contribution in [1.82, 2.24) is 0 Å². The van der Waals surface area contributed by atoms with Gasteiger partial charge in [-0.15, -0.1) is 0 Å². The molecule has 2 heterocycles. The predicted molar refractivity (Wildman–Crippen MR) is 104 cm³/mol. The van der Waals surface area contributed by atoms with Gasteiger partial charge < -0.3 is 29.5 Å². The van der Waals surface area contributed by atoms with Gasteiger partial charge >= 0.3 is 5.97 Å². The monoisotopic (exact) mass is 441 g/mol. The number of carbonyl (C=O) groups excluding carboxylic acids is 1. The second kappa shape index (κ2) is 8.87. The SMILES string of the molecule is COCCOC(=O)C1=C(N)Oc2c(oc(CO)cc2=O)C1c1ccc(Cl)c(Cl)c1. The smallest absolute Gasteiger partial charge is 0.340 e. The van der Waals surface area contributed by atoms with Crippen LogP contribution in [0.3, 0.4) is 0 Å². The van der Waals surface area contributed by atoms with E-state index in [1.165, 1.54) is 19.2 Å². The molecule has 0 fully saturated rings. The van der Waals surface area contributed by atoms with Gasteiger partial charge in [0.1, 0.15) is 24.5 Å². The van der Waals surface area contributed by atoms with Crippen molar-refractivity contribution in [2.45, 2.75) is 12.5 Å². The first-order chi connectivity index (χ1) is 13.9. The van der Waals surface area contributed by atoms with E-state index in [1.807, 2.05) is 0 Å². The molecule has 29 heavy (non-hydrogen) atoms. The average molecular weight is 442 g/mol. The highest BCUT2D eigenvalue weighted by Gasteiger charge is 2.39. The summed E-state index contributed by atoms with van der Waals surface area (Å²) >= 11 is 12.1. The molecule has 1 aromatic carbocycles. The Morgan fingerprint density at radius 2 is 2.00 bits per heavy atom. The van der Waals surface area contributed by atoms with Crippen LogP contribution >= 0.6 is 23.2 Å². The normalized spacial score (nSPS) is 15.7. The number of hydrogen-bond acceptors (Lipinski definition) is 8. The third-order valence-corrected chi connectivity index (χ3v) is 4.92. The third-order valence-electron chi connectivity index (χ3n) is 4.18. The molecule has 10 heteroatoms. The van der Waals surface area contributed by atoms with Crippen LogP contribution in [0.5, 0.6) is 5.75 Å². The molecule has 2 aromatic rings. The first kappa shape index (κ1) is 21.2. The molecule has 0 saturated heterocycles. The average Bonchev–Trinajstić information content (AvgIpc) is 2.69. The van der Waals surface area contributed by atoms with Crippen molar-refractivity contribution in [3.8, 4) is 5.75 Å². The highest BCUT2D eigenvalue weighted by Crippen LogP contribution is 2.42. The standard InChI is InChI=1S/C19H17Cl2NO7/c1-26-4-5-27-19(25)15-14(9-2-3-11(20)12(21)6-9)17-16(29-18(15)22)13(24)7-10(8-23)28-17/h2-3,6-7,14,23H,4-5,8,22H2,1H3. The van der Waals surface area contributed by atoms with Crippen molar-refractivity contribution in [1.29, 1.82) is 0 Å². The fraction of sp³-hybridized carbons (Fsp3) is 0.263. The zero-order valence-electron chi connectivity index (χ0n) is 15.2. The Kier molecular flexibility index (Phi) is 6.49. The number of fused-ring (bicyclic) bond motifs is 1. The molecule has 1 unspecified atom stereocenters. The Morgan fingerprint density at radius 3 is 2.66 bits per heavy atom. The van der Waals surface area contributed by atoms with Crippen LogP contribution < -0.4 is 15.9 Å². The van der Waals surface area contributed by atoms with Crippen LogP contribution in [-0.4, -0.2) is 31.4 Å². The maximum absolute atomic E-state index is 12.7. The van der Waals surface area contributed by atoms with Gasteiger partial charge in [0.2, 0.25) is 17.1 Å². The van der Waals surface area contributed by atoms with Gasteiger partial charge in [0.05, 0.1) is 22.6 Å². The van der Waals surface area contributed by atoms with Crippen LogP contribution in [0.4, 0.5) is 0 Å². The van der Waals surface area contributed by atoms with Crippen molar-refractivity contribution in [3.63, 3.8) is 0 Å². The molecule has 3 N–H and O–H groups in total. The van der Waals surface area contributed by atoms with Crippen LogP contribution in [0.2, 0.25) is 10.0 Å². The summed E-state index contributed by atoms with van der Waals surface area (Å²) in [6.07, 6.45) is 0. The Labute approximate surface area is 175 Å². The number of halogens is 2. The van der Waals surface area contributed by atoms with E-state index in [9.17, 15) is 14.7 Å². The lowest BCUT2D eigenvalue weighted by molar-refractivity contribution is -0.140. The van der Waals surface area contributed by atoms with E-state index in [0.717, 1.165) is 6.07 Å². The fourth-order valence-corrected chi connectivity index (χ4v) is 3.19. The fourth-order valence-electron chi connectivity index (χ4n) is 2.88. The van der Waals surface area contributed by atoms with Crippen LogP contribution in [0.25, 0.3) is 0 Å². The van der Waals surface area contributed by atoms with Crippen LogP contribution in [0, 0.1) is 0 Å². The number of aliphatic hydroxyl groups is 1. The number of nitrogens with two attached hydrogens (primary N) is 1. The number of carbonyl (C=O) groups is 1. The molecule has 0 bridgehead atoms. The summed E-state index contributed by atoms with van der Waals surface area (Å²) in [6.45, 7) is -0.366. The summed E-state index contributed by atoms with van der Waals surface area (Å²) in [5.41, 5.74) is 5.79. The molecule has 1 aromatic heterocycles. The summed E-state index contributed by atoms with van der Waals surface area (Å²) in [5, 5.41) is 9.94. The number of methoxy groups -OCH3 is 1. The van der Waals surface area contributed by atoms with E-state index in [0.29, 0.717) is 10.6 Å². The minimum atomic E-state index is -0.970. The Morgan fingerprint density at radius 1 is 1.24 bits per heavy atom. The van der Waals surface area contributed by atoms with E-state index in [2.05, 4.69) is 0 Å². The summed E-state index contributed by atoms with van der Waals surface area (Å²) in [7, 11) is 1.46. The summed E-state index contributed by atoms with van der Waals surface area (Å²) in [4.78, 5) is 25.2. The topological polar surface area (TPSA) is 121 Å². The number of rotatable bonds is 6. The molecule has 0 aliphatic carbocycles. The van der Waals surface area contributed by atoms with E-state index in [-0.39, 0.29) is 47.0 Å². The molecule has 3 rings (SSSR count). The van der Waals surface area contributed by atoms with Gasteiger partial charge in [0.15, 0.2) is 5.76 Å². The highest BCUT2D eigenvalue weighted by atomic mass is 35.5. The van der Waals surface area contributed by atoms with Crippen molar-refractivity contribution >= 4 is 29.2 Å². The molecule has 1 atom stereocenters. The molecule has 154 valence electrons. The molecule has 0 radical (unpaired) electrons. The molecule has 0 amide bonds. The van der Waals surface area contributed by atoms with E-state index >= 15 is 0 Å². The van der Waals surface area contributed by atoms with Crippen molar-refractivity contribution < 1.29 is 28.5 Å². The molecule has 1 aliphatic heterocycles. The molecule has 8 nitrogen and oxygen atoms in total. The zero-order valence-corrected chi connectivity index (χ0v) is 16.7. The number of ether oxygens (including phenoxy) is 3. The van der Waals surface area contributed by atoms with Gasteiger partial charge in [0, 0.05) is 13.2 Å². The third kappa shape index (κ3) is 4.25. The quantitative estimate of drug-likeness (QED) is 0.517.